The van der Waals surface area contributed by atoms with Crippen LogP contribution in [-0.2, 0) is 26.7 Å². The number of hydrogen-bond acceptors (Lipinski definition) is 7. The fourth-order valence-electron chi connectivity index (χ4n) is 4.69. The van der Waals surface area contributed by atoms with Gasteiger partial charge in [-0.3, -0.25) is 4.79 Å². The summed E-state index contributed by atoms with van der Waals surface area (Å²) in [5.41, 5.74) is 1.83. The van der Waals surface area contributed by atoms with E-state index in [2.05, 4.69) is 20.0 Å². The molecule has 1 amide bonds. The number of benzene rings is 3. The van der Waals surface area contributed by atoms with Crippen LogP contribution in [0.25, 0.3) is 22.0 Å². The van der Waals surface area contributed by atoms with E-state index in [0.29, 0.717) is 28.3 Å². The second kappa shape index (κ2) is 12.7. The number of halogens is 3. The monoisotopic (exact) mass is 594 g/mol. The molecule has 4 rings (SSSR count). The van der Waals surface area contributed by atoms with Gasteiger partial charge in [0.25, 0.3) is 0 Å². The van der Waals surface area contributed by atoms with Crippen molar-refractivity contribution < 1.29 is 32.2 Å². The molecule has 0 aliphatic heterocycles. The van der Waals surface area contributed by atoms with Crippen molar-refractivity contribution in [3.05, 3.63) is 82.9 Å². The molecule has 1 heterocycles. The predicted molar refractivity (Wildman–Crippen MR) is 158 cm³/mol. The van der Waals surface area contributed by atoms with Crippen molar-refractivity contribution in [2.75, 3.05) is 33.1 Å². The molecule has 1 unspecified atom stereocenters. The first kappa shape index (κ1) is 31.3. The number of carbonyl (C=O) groups is 2. The minimum atomic E-state index is -4.16. The van der Waals surface area contributed by atoms with Crippen LogP contribution in [0.4, 0.5) is 19.0 Å². The lowest BCUT2D eigenvalue weighted by atomic mass is 9.98. The van der Waals surface area contributed by atoms with Crippen LogP contribution in [0.15, 0.2) is 54.6 Å². The smallest absolute Gasteiger partial charge is 0.382 e. The lowest BCUT2D eigenvalue weighted by Gasteiger charge is -2.21. The normalized spacial score (nSPS) is 12.1. The average molecular weight is 595 g/mol. The molecule has 0 saturated heterocycles. The number of anilines is 1. The molecule has 1 N–H and O–H groups in total. The van der Waals surface area contributed by atoms with E-state index in [1.165, 1.54) is 24.0 Å². The summed E-state index contributed by atoms with van der Waals surface area (Å²) < 4.78 is 54.8. The van der Waals surface area contributed by atoms with Crippen LogP contribution in [-0.4, -0.2) is 54.6 Å². The number of aryl methyl sites for hydroxylation is 1. The number of alkyl halides is 2. The number of hydrogen-bond donors (Lipinski definition) is 1. The quantitative estimate of drug-likeness (QED) is 0.218. The molecule has 0 aliphatic rings. The van der Waals surface area contributed by atoms with Gasteiger partial charge in [0.1, 0.15) is 23.2 Å². The number of fused-ring (bicyclic) bond motifs is 1. The third-order valence-corrected chi connectivity index (χ3v) is 6.98. The Balaban J connectivity index is 1.73. The summed E-state index contributed by atoms with van der Waals surface area (Å²) in [6.45, 7) is 4.45. The first-order chi connectivity index (χ1) is 20.4. The molecule has 1 atom stereocenters. The topological polar surface area (TPSA) is 93.6 Å². The first-order valence-corrected chi connectivity index (χ1v) is 13.6. The lowest BCUT2D eigenvalue weighted by Crippen LogP contribution is -2.30. The number of nitrogens with one attached hydrogen (secondary N) is 1. The van der Waals surface area contributed by atoms with E-state index in [4.69, 9.17) is 4.74 Å². The van der Waals surface area contributed by atoms with E-state index in [1.807, 2.05) is 30.3 Å². The molecule has 4 aromatic rings. The van der Waals surface area contributed by atoms with Gasteiger partial charge in [0, 0.05) is 30.6 Å². The van der Waals surface area contributed by atoms with Crippen molar-refractivity contribution in [2.45, 2.75) is 39.2 Å². The molecule has 0 fully saturated rings. The van der Waals surface area contributed by atoms with Crippen LogP contribution in [0.1, 0.15) is 42.4 Å². The Kier molecular flexibility index (Phi) is 9.22. The second-order valence-corrected chi connectivity index (χ2v) is 10.2. The fourth-order valence-corrected chi connectivity index (χ4v) is 4.69. The number of carbonyl (C=O) groups excluding carboxylic acids is 2. The second-order valence-electron chi connectivity index (χ2n) is 10.2. The van der Waals surface area contributed by atoms with Gasteiger partial charge in [-0.25, -0.2) is 19.2 Å². The van der Waals surface area contributed by atoms with Gasteiger partial charge < -0.3 is 19.7 Å². The third kappa shape index (κ3) is 6.55. The summed E-state index contributed by atoms with van der Waals surface area (Å²) >= 11 is 0. The van der Waals surface area contributed by atoms with E-state index in [-0.39, 0.29) is 24.5 Å². The van der Waals surface area contributed by atoms with Gasteiger partial charge in [0.2, 0.25) is 5.91 Å². The number of aromatic nitrogens is 2. The zero-order valence-electron chi connectivity index (χ0n) is 24.8. The number of esters is 1. The van der Waals surface area contributed by atoms with Crippen molar-refractivity contribution in [3.8, 4) is 16.9 Å². The highest BCUT2D eigenvalue weighted by atomic mass is 19.3. The Morgan fingerprint density at radius 2 is 1.74 bits per heavy atom. The van der Waals surface area contributed by atoms with Crippen LogP contribution < -0.4 is 10.1 Å². The van der Waals surface area contributed by atoms with E-state index < -0.39 is 29.3 Å². The number of likely N-dealkylation sites (N-methyl/N-ethyl adjacent to an activating group) is 1. The SMILES string of the molecule is CCOC(=O)C(F)(F)c1cccc(C(C)Nc2nc(C)nc3ccc(-c4ccc(OC)c(CC(=O)N(C)C)c4)cc23)c1F. The molecule has 3 aromatic carbocycles. The summed E-state index contributed by atoms with van der Waals surface area (Å²) in [6.07, 6.45) is 0.157. The van der Waals surface area contributed by atoms with Gasteiger partial charge in [0.05, 0.1) is 37.3 Å². The average Bonchev–Trinajstić information content (AvgIpc) is 2.96. The summed E-state index contributed by atoms with van der Waals surface area (Å²) in [6, 6.07) is 13.8. The Labute approximate surface area is 247 Å². The fraction of sp³-hybridized carbons (Fsp3) is 0.312. The molecular formula is C32H33F3N4O4. The molecule has 0 spiro atoms. The van der Waals surface area contributed by atoms with E-state index in [0.717, 1.165) is 22.8 Å². The Hall–Kier alpha value is -4.67. The van der Waals surface area contributed by atoms with E-state index >= 15 is 4.39 Å². The highest BCUT2D eigenvalue weighted by Crippen LogP contribution is 2.36. The number of ether oxygens (including phenoxy) is 2. The van der Waals surface area contributed by atoms with Crippen molar-refractivity contribution in [1.29, 1.82) is 0 Å². The summed E-state index contributed by atoms with van der Waals surface area (Å²) in [5.74, 6) is -5.85. The number of amides is 1. The van der Waals surface area contributed by atoms with E-state index in [1.54, 1.807) is 41.1 Å². The molecule has 0 saturated carbocycles. The van der Waals surface area contributed by atoms with Crippen LogP contribution in [0.3, 0.4) is 0 Å². The predicted octanol–water partition coefficient (Wildman–Crippen LogP) is 6.21. The molecule has 0 radical (unpaired) electrons. The van der Waals surface area contributed by atoms with Gasteiger partial charge in [-0.1, -0.05) is 24.3 Å². The zero-order chi connectivity index (χ0) is 31.5. The Morgan fingerprint density at radius 3 is 2.42 bits per heavy atom. The summed E-state index contributed by atoms with van der Waals surface area (Å²) in [7, 11) is 4.92. The maximum atomic E-state index is 15.4. The van der Waals surface area contributed by atoms with Gasteiger partial charge >= 0.3 is 11.9 Å². The molecule has 43 heavy (non-hydrogen) atoms. The largest absolute Gasteiger partial charge is 0.496 e. The van der Waals surface area contributed by atoms with Crippen LogP contribution in [0.5, 0.6) is 5.75 Å². The highest BCUT2D eigenvalue weighted by molar-refractivity contribution is 5.93. The van der Waals surface area contributed by atoms with Gasteiger partial charge in [0.15, 0.2) is 0 Å². The van der Waals surface area contributed by atoms with Gasteiger partial charge in [-0.05, 0) is 62.2 Å². The van der Waals surface area contributed by atoms with Crippen molar-refractivity contribution in [3.63, 3.8) is 0 Å². The summed E-state index contributed by atoms with van der Waals surface area (Å²) in [4.78, 5) is 34.8. The van der Waals surface area contributed by atoms with Crippen LogP contribution in [0.2, 0.25) is 0 Å². The standard InChI is InChI=1S/C32H33F3N4O4/c1-7-43-31(41)32(34,35)25-10-8-9-23(29(25)33)18(2)36-30-24-16-21(11-13-26(24)37-19(3)38-30)20-12-14-27(42-6)22(15-20)17-28(40)39(4)5/h8-16,18H,7,17H2,1-6H3,(H,36,37,38). The lowest BCUT2D eigenvalue weighted by molar-refractivity contribution is -0.173. The molecule has 11 heteroatoms. The molecule has 0 aliphatic carbocycles. The number of methoxy groups -OCH3 is 1. The van der Waals surface area contributed by atoms with Crippen molar-refractivity contribution in [1.82, 2.24) is 14.9 Å². The zero-order valence-corrected chi connectivity index (χ0v) is 24.8. The molecule has 1 aromatic heterocycles. The van der Waals surface area contributed by atoms with Crippen molar-refractivity contribution >= 4 is 28.6 Å². The summed E-state index contributed by atoms with van der Waals surface area (Å²) in [5, 5.41) is 3.76. The molecule has 226 valence electrons. The first-order valence-electron chi connectivity index (χ1n) is 13.6. The molecular weight excluding hydrogens is 561 g/mol. The van der Waals surface area contributed by atoms with Crippen LogP contribution >= 0.6 is 0 Å². The molecule has 8 nitrogen and oxygen atoms in total. The minimum Gasteiger partial charge on any atom is -0.496 e. The van der Waals surface area contributed by atoms with Crippen molar-refractivity contribution in [2.24, 2.45) is 0 Å². The van der Waals surface area contributed by atoms with Gasteiger partial charge in [-0.2, -0.15) is 8.78 Å². The van der Waals surface area contributed by atoms with Gasteiger partial charge in [-0.15, -0.1) is 0 Å². The maximum absolute atomic E-state index is 15.4. The third-order valence-electron chi connectivity index (χ3n) is 6.98. The Morgan fingerprint density at radius 1 is 1.05 bits per heavy atom. The Bertz CT molecular complexity index is 1680. The highest BCUT2D eigenvalue weighted by Gasteiger charge is 2.45. The molecule has 0 bridgehead atoms. The minimum absolute atomic E-state index is 0.0744. The number of nitrogens with zero attached hydrogens (tertiary/aromatic N) is 3. The maximum Gasteiger partial charge on any atom is 0.382 e. The van der Waals surface area contributed by atoms with E-state index in [9.17, 15) is 18.4 Å². The van der Waals surface area contributed by atoms with Crippen LogP contribution in [0, 0.1) is 12.7 Å². The number of rotatable bonds is 10.